The van der Waals surface area contributed by atoms with Gasteiger partial charge in [-0.3, -0.25) is 4.98 Å². The lowest BCUT2D eigenvalue weighted by atomic mass is 10.2. The van der Waals surface area contributed by atoms with Gasteiger partial charge < -0.3 is 14.8 Å². The Kier molecular flexibility index (Phi) is 4.86. The number of ether oxygens (including phenoxy) is 2. The third-order valence-corrected chi connectivity index (χ3v) is 2.05. The zero-order chi connectivity index (χ0) is 14.5. The molecule has 0 atom stereocenters. The van der Waals surface area contributed by atoms with E-state index in [9.17, 15) is 9.59 Å². The molecule has 1 aromatic heterocycles. The first-order chi connectivity index (χ1) is 8.81. The van der Waals surface area contributed by atoms with Gasteiger partial charge in [0.05, 0.1) is 24.9 Å². The van der Waals surface area contributed by atoms with Crippen molar-refractivity contribution in [3.63, 3.8) is 0 Å². The van der Waals surface area contributed by atoms with Crippen molar-refractivity contribution in [3.8, 4) is 0 Å². The van der Waals surface area contributed by atoms with Crippen molar-refractivity contribution in [2.24, 2.45) is 0 Å². The second kappa shape index (κ2) is 6.17. The lowest BCUT2D eigenvalue weighted by Gasteiger charge is -2.19. The van der Waals surface area contributed by atoms with Gasteiger partial charge in [0, 0.05) is 6.20 Å². The highest BCUT2D eigenvalue weighted by Crippen LogP contribution is 2.07. The Labute approximate surface area is 112 Å². The number of amides is 1. The van der Waals surface area contributed by atoms with Crippen LogP contribution in [0.3, 0.4) is 0 Å². The number of carbonyl (C=O) groups is 2. The molecular formula is C13H18N2O4. The minimum Gasteiger partial charge on any atom is -0.465 e. The van der Waals surface area contributed by atoms with Crippen LogP contribution in [0, 0.1) is 0 Å². The summed E-state index contributed by atoms with van der Waals surface area (Å²) in [5.74, 6) is -0.444. The SMILES string of the molecule is COC(=O)c1ccnc(CNC(=O)OC(C)(C)C)c1. The summed E-state index contributed by atoms with van der Waals surface area (Å²) in [6.45, 7) is 5.52. The quantitative estimate of drug-likeness (QED) is 0.845. The van der Waals surface area contributed by atoms with Gasteiger partial charge in [-0.1, -0.05) is 0 Å². The van der Waals surface area contributed by atoms with Crippen molar-refractivity contribution in [3.05, 3.63) is 29.6 Å². The second-order valence-electron chi connectivity index (χ2n) is 4.88. The number of pyridine rings is 1. The van der Waals surface area contributed by atoms with E-state index in [1.807, 2.05) is 0 Å². The van der Waals surface area contributed by atoms with Gasteiger partial charge in [0.15, 0.2) is 0 Å². The van der Waals surface area contributed by atoms with E-state index in [1.54, 1.807) is 32.9 Å². The lowest BCUT2D eigenvalue weighted by molar-refractivity contribution is 0.0522. The smallest absolute Gasteiger partial charge is 0.407 e. The highest BCUT2D eigenvalue weighted by Gasteiger charge is 2.16. The van der Waals surface area contributed by atoms with E-state index >= 15 is 0 Å². The summed E-state index contributed by atoms with van der Waals surface area (Å²) in [5.41, 5.74) is 0.387. The minimum absolute atomic E-state index is 0.180. The maximum absolute atomic E-state index is 11.5. The molecule has 0 unspecified atom stereocenters. The maximum Gasteiger partial charge on any atom is 0.407 e. The van der Waals surface area contributed by atoms with Crippen LogP contribution in [0.1, 0.15) is 36.8 Å². The molecule has 1 rings (SSSR count). The van der Waals surface area contributed by atoms with Gasteiger partial charge in [-0.15, -0.1) is 0 Å². The number of alkyl carbamates (subject to hydrolysis) is 1. The first kappa shape index (κ1) is 14.9. The van der Waals surface area contributed by atoms with Crippen molar-refractivity contribution >= 4 is 12.1 Å². The van der Waals surface area contributed by atoms with Gasteiger partial charge in [0.1, 0.15) is 5.60 Å². The average Bonchev–Trinajstić information content (AvgIpc) is 2.34. The molecule has 0 aliphatic carbocycles. The van der Waals surface area contributed by atoms with Crippen molar-refractivity contribution in [1.29, 1.82) is 0 Å². The molecule has 0 spiro atoms. The molecule has 1 N–H and O–H groups in total. The van der Waals surface area contributed by atoms with E-state index in [4.69, 9.17) is 4.74 Å². The topological polar surface area (TPSA) is 77.5 Å². The molecule has 6 nitrogen and oxygen atoms in total. The van der Waals surface area contributed by atoms with Crippen molar-refractivity contribution in [2.45, 2.75) is 32.9 Å². The number of hydrogen-bond acceptors (Lipinski definition) is 5. The van der Waals surface area contributed by atoms with Crippen molar-refractivity contribution in [1.82, 2.24) is 10.3 Å². The standard InChI is InChI=1S/C13H18N2O4/c1-13(2,3)19-12(17)15-8-10-7-9(5-6-14-10)11(16)18-4/h5-7H,8H2,1-4H3,(H,15,17). The molecule has 0 saturated carbocycles. The molecule has 6 heteroatoms. The first-order valence-electron chi connectivity index (χ1n) is 5.82. The second-order valence-corrected chi connectivity index (χ2v) is 4.88. The van der Waals surface area contributed by atoms with Crippen molar-refractivity contribution < 1.29 is 19.1 Å². The Balaban J connectivity index is 2.59. The van der Waals surface area contributed by atoms with Crippen LogP contribution in [0.15, 0.2) is 18.3 Å². The first-order valence-corrected chi connectivity index (χ1v) is 5.82. The highest BCUT2D eigenvalue weighted by atomic mass is 16.6. The summed E-state index contributed by atoms with van der Waals surface area (Å²) < 4.78 is 9.69. The van der Waals surface area contributed by atoms with Crippen LogP contribution in [0.25, 0.3) is 0 Å². The molecule has 0 radical (unpaired) electrons. The maximum atomic E-state index is 11.5. The molecule has 19 heavy (non-hydrogen) atoms. The van der Waals surface area contributed by atoms with Gasteiger partial charge in [-0.25, -0.2) is 9.59 Å². The molecule has 0 bridgehead atoms. The fraction of sp³-hybridized carbons (Fsp3) is 0.462. The summed E-state index contributed by atoms with van der Waals surface area (Å²) in [5, 5.41) is 2.56. The minimum atomic E-state index is -0.550. The largest absolute Gasteiger partial charge is 0.465 e. The van der Waals surface area contributed by atoms with Gasteiger partial charge in [-0.2, -0.15) is 0 Å². The third kappa shape index (κ3) is 5.37. The van der Waals surface area contributed by atoms with Gasteiger partial charge in [0.25, 0.3) is 0 Å². The van der Waals surface area contributed by atoms with Gasteiger partial charge >= 0.3 is 12.1 Å². The lowest BCUT2D eigenvalue weighted by Crippen LogP contribution is -2.32. The van der Waals surface area contributed by atoms with E-state index < -0.39 is 17.7 Å². The zero-order valence-electron chi connectivity index (χ0n) is 11.5. The number of nitrogens with zero attached hydrogens (tertiary/aromatic N) is 1. The van der Waals surface area contributed by atoms with Crippen LogP contribution in [0.5, 0.6) is 0 Å². The molecule has 0 fully saturated rings. The molecule has 1 amide bonds. The fourth-order valence-corrected chi connectivity index (χ4v) is 1.30. The molecule has 0 aromatic carbocycles. The van der Waals surface area contributed by atoms with Crippen molar-refractivity contribution in [2.75, 3.05) is 7.11 Å². The van der Waals surface area contributed by atoms with Crippen LogP contribution in [-0.4, -0.2) is 29.8 Å². The molecule has 0 aliphatic heterocycles. The Morgan fingerprint density at radius 3 is 2.63 bits per heavy atom. The molecule has 0 saturated heterocycles. The Morgan fingerprint density at radius 2 is 2.05 bits per heavy atom. The number of hydrogen-bond donors (Lipinski definition) is 1. The van der Waals surface area contributed by atoms with Crippen LogP contribution < -0.4 is 5.32 Å². The fourth-order valence-electron chi connectivity index (χ4n) is 1.30. The molecular weight excluding hydrogens is 248 g/mol. The number of rotatable bonds is 3. The average molecular weight is 266 g/mol. The monoisotopic (exact) mass is 266 g/mol. The summed E-state index contributed by atoms with van der Waals surface area (Å²) >= 11 is 0. The predicted molar refractivity (Wildman–Crippen MR) is 68.7 cm³/mol. The molecule has 1 heterocycles. The number of esters is 1. The van der Waals surface area contributed by atoms with Crippen LogP contribution in [0.2, 0.25) is 0 Å². The Bertz CT molecular complexity index is 466. The van der Waals surface area contributed by atoms with Crippen LogP contribution >= 0.6 is 0 Å². The molecule has 0 aliphatic rings. The summed E-state index contributed by atoms with van der Waals surface area (Å²) in [6, 6.07) is 3.10. The zero-order valence-corrected chi connectivity index (χ0v) is 11.5. The third-order valence-electron chi connectivity index (χ3n) is 2.05. The number of carbonyl (C=O) groups excluding carboxylic acids is 2. The number of aromatic nitrogens is 1. The Morgan fingerprint density at radius 1 is 1.37 bits per heavy atom. The molecule has 104 valence electrons. The van der Waals surface area contributed by atoms with Crippen LogP contribution in [0.4, 0.5) is 4.79 Å². The highest BCUT2D eigenvalue weighted by molar-refractivity contribution is 5.89. The van der Waals surface area contributed by atoms with Gasteiger partial charge in [-0.05, 0) is 32.9 Å². The van der Waals surface area contributed by atoms with E-state index in [0.717, 1.165) is 0 Å². The number of methoxy groups -OCH3 is 1. The summed E-state index contributed by atoms with van der Waals surface area (Å²) in [7, 11) is 1.31. The predicted octanol–water partition coefficient (Wildman–Crippen LogP) is 1.89. The molecule has 1 aromatic rings. The van der Waals surface area contributed by atoms with Gasteiger partial charge in [0.2, 0.25) is 0 Å². The van der Waals surface area contributed by atoms with E-state index in [-0.39, 0.29) is 6.54 Å². The summed E-state index contributed by atoms with van der Waals surface area (Å²) in [6.07, 6.45) is 0.955. The van der Waals surface area contributed by atoms with E-state index in [2.05, 4.69) is 15.0 Å². The normalized spacial score (nSPS) is 10.7. The Hall–Kier alpha value is -2.11. The van der Waals surface area contributed by atoms with E-state index in [0.29, 0.717) is 11.3 Å². The summed E-state index contributed by atoms with van der Waals surface area (Å²) in [4.78, 5) is 26.8. The van der Waals surface area contributed by atoms with Crippen LogP contribution in [-0.2, 0) is 16.0 Å². The van der Waals surface area contributed by atoms with E-state index in [1.165, 1.54) is 13.3 Å². The number of nitrogens with one attached hydrogen (secondary N) is 1.